The van der Waals surface area contributed by atoms with Crippen LogP contribution in [0, 0.1) is 0 Å². The third-order valence-electron chi connectivity index (χ3n) is 3.98. The van der Waals surface area contributed by atoms with Gasteiger partial charge in [0.1, 0.15) is 11.1 Å². The molecule has 4 aromatic heterocycles. The number of aromatic nitrogens is 6. The second-order valence-electron chi connectivity index (χ2n) is 5.80. The smallest absolute Gasteiger partial charge is 0.264 e. The number of rotatable bonds is 5. The number of carbonyl (C=O) groups excluding carboxylic acids is 1. The second kappa shape index (κ2) is 7.08. The fourth-order valence-corrected chi connectivity index (χ4v) is 3.31. The van der Waals surface area contributed by atoms with E-state index in [-0.39, 0.29) is 24.4 Å². The number of fused-ring (bicyclic) bond motifs is 1. The van der Waals surface area contributed by atoms with Crippen LogP contribution in [-0.4, -0.2) is 35.2 Å². The maximum atomic E-state index is 12.4. The molecule has 27 heavy (non-hydrogen) atoms. The van der Waals surface area contributed by atoms with Crippen molar-refractivity contribution in [3.63, 3.8) is 0 Å². The molecule has 0 saturated heterocycles. The molecule has 4 heterocycles. The van der Waals surface area contributed by atoms with Gasteiger partial charge in [-0.3, -0.25) is 23.8 Å². The molecular formula is C17H15N7O2S. The molecule has 0 aromatic carbocycles. The lowest BCUT2D eigenvalue weighted by atomic mass is 10.3. The molecule has 0 atom stereocenters. The second-order valence-corrected chi connectivity index (χ2v) is 6.66. The molecule has 4 rings (SSSR count). The van der Waals surface area contributed by atoms with Gasteiger partial charge >= 0.3 is 0 Å². The SMILES string of the molecule is Cn1ncc2c(=O)n(CCC(=O)Nc3nc(-c4ccccn4)cs3)cnc21. The van der Waals surface area contributed by atoms with Gasteiger partial charge in [-0.25, -0.2) is 9.97 Å². The number of amides is 1. The van der Waals surface area contributed by atoms with Gasteiger partial charge in [0.25, 0.3) is 5.56 Å². The first-order valence-electron chi connectivity index (χ1n) is 8.16. The summed E-state index contributed by atoms with van der Waals surface area (Å²) in [4.78, 5) is 37.4. The van der Waals surface area contributed by atoms with Crippen molar-refractivity contribution in [2.45, 2.75) is 13.0 Å². The van der Waals surface area contributed by atoms with Crippen LogP contribution in [0.5, 0.6) is 0 Å². The van der Waals surface area contributed by atoms with Crippen molar-refractivity contribution >= 4 is 33.4 Å². The summed E-state index contributed by atoms with van der Waals surface area (Å²) >= 11 is 1.33. The van der Waals surface area contributed by atoms with Crippen molar-refractivity contribution in [1.29, 1.82) is 0 Å². The maximum Gasteiger partial charge on any atom is 0.264 e. The molecule has 0 radical (unpaired) electrons. The molecular weight excluding hydrogens is 366 g/mol. The van der Waals surface area contributed by atoms with E-state index in [2.05, 4.69) is 25.4 Å². The normalized spacial score (nSPS) is 11.0. The molecule has 4 aromatic rings. The Morgan fingerprint density at radius 3 is 2.96 bits per heavy atom. The summed E-state index contributed by atoms with van der Waals surface area (Å²) in [5.41, 5.74) is 1.76. The first kappa shape index (κ1) is 17.0. The highest BCUT2D eigenvalue weighted by molar-refractivity contribution is 7.14. The van der Waals surface area contributed by atoms with Crippen LogP contribution in [0.25, 0.3) is 22.4 Å². The average molecular weight is 381 g/mol. The van der Waals surface area contributed by atoms with Crippen molar-refractivity contribution in [3.05, 3.63) is 52.7 Å². The predicted molar refractivity (Wildman–Crippen MR) is 101 cm³/mol. The Morgan fingerprint density at radius 1 is 1.26 bits per heavy atom. The Hall–Kier alpha value is -3.40. The Balaban J connectivity index is 1.41. The summed E-state index contributed by atoms with van der Waals surface area (Å²) in [5.74, 6) is -0.227. The number of carbonyl (C=O) groups is 1. The number of nitrogens with one attached hydrogen (secondary N) is 1. The van der Waals surface area contributed by atoms with E-state index in [1.807, 2.05) is 23.6 Å². The number of thiazole rings is 1. The van der Waals surface area contributed by atoms with Gasteiger partial charge in [0.05, 0.1) is 18.2 Å². The van der Waals surface area contributed by atoms with Crippen LogP contribution >= 0.6 is 11.3 Å². The van der Waals surface area contributed by atoms with Gasteiger partial charge in [0, 0.05) is 31.6 Å². The third-order valence-corrected chi connectivity index (χ3v) is 4.73. The van der Waals surface area contributed by atoms with E-state index in [1.165, 1.54) is 33.1 Å². The van der Waals surface area contributed by atoms with Gasteiger partial charge in [-0.1, -0.05) is 6.07 Å². The van der Waals surface area contributed by atoms with Crippen molar-refractivity contribution in [1.82, 2.24) is 29.3 Å². The zero-order chi connectivity index (χ0) is 18.8. The minimum absolute atomic E-state index is 0.131. The lowest BCUT2D eigenvalue weighted by Gasteiger charge is -2.05. The Labute approximate surface area is 157 Å². The number of nitrogens with zero attached hydrogens (tertiary/aromatic N) is 6. The van der Waals surface area contributed by atoms with Crippen LogP contribution < -0.4 is 10.9 Å². The van der Waals surface area contributed by atoms with Crippen molar-refractivity contribution in [2.75, 3.05) is 5.32 Å². The third kappa shape index (κ3) is 3.47. The summed E-state index contributed by atoms with van der Waals surface area (Å²) in [5, 5.41) is 9.54. The number of hydrogen-bond acceptors (Lipinski definition) is 7. The molecule has 0 aliphatic carbocycles. The van der Waals surface area contributed by atoms with Crippen LogP contribution in [0.2, 0.25) is 0 Å². The fourth-order valence-electron chi connectivity index (χ4n) is 2.59. The van der Waals surface area contributed by atoms with E-state index in [0.717, 1.165) is 5.69 Å². The Kier molecular flexibility index (Phi) is 4.47. The van der Waals surface area contributed by atoms with E-state index in [9.17, 15) is 9.59 Å². The van der Waals surface area contributed by atoms with Crippen LogP contribution in [0.4, 0.5) is 5.13 Å². The predicted octanol–water partition coefficient (Wildman–Crippen LogP) is 1.68. The molecule has 0 aliphatic rings. The summed E-state index contributed by atoms with van der Waals surface area (Å²) in [6.45, 7) is 0.223. The zero-order valence-electron chi connectivity index (χ0n) is 14.4. The first-order chi connectivity index (χ1) is 13.1. The van der Waals surface area contributed by atoms with Gasteiger partial charge in [0.2, 0.25) is 5.91 Å². The zero-order valence-corrected chi connectivity index (χ0v) is 15.2. The van der Waals surface area contributed by atoms with Gasteiger partial charge in [-0.05, 0) is 12.1 Å². The number of aryl methyl sites for hydroxylation is 2. The number of pyridine rings is 1. The minimum atomic E-state index is -0.227. The van der Waals surface area contributed by atoms with Gasteiger partial charge in [0.15, 0.2) is 10.8 Å². The van der Waals surface area contributed by atoms with Crippen LogP contribution in [-0.2, 0) is 18.4 Å². The highest BCUT2D eigenvalue weighted by Gasteiger charge is 2.11. The van der Waals surface area contributed by atoms with Crippen molar-refractivity contribution < 1.29 is 4.79 Å². The largest absolute Gasteiger partial charge is 0.302 e. The highest BCUT2D eigenvalue weighted by atomic mass is 32.1. The molecule has 1 amide bonds. The molecule has 0 fully saturated rings. The van der Waals surface area contributed by atoms with Crippen LogP contribution in [0.1, 0.15) is 6.42 Å². The minimum Gasteiger partial charge on any atom is -0.302 e. The standard InChI is InChI=1S/C17H15N7O2S/c1-23-15-11(8-20-23)16(26)24(10-19-15)7-5-14(25)22-17-21-13(9-27-17)12-4-2-3-6-18-12/h2-4,6,8-10H,5,7H2,1H3,(H,21,22,25). The van der Waals surface area contributed by atoms with E-state index in [0.29, 0.717) is 21.9 Å². The molecule has 0 bridgehead atoms. The lowest BCUT2D eigenvalue weighted by molar-refractivity contribution is -0.116. The van der Waals surface area contributed by atoms with E-state index in [4.69, 9.17) is 0 Å². The van der Waals surface area contributed by atoms with Crippen LogP contribution in [0.3, 0.4) is 0 Å². The lowest BCUT2D eigenvalue weighted by Crippen LogP contribution is -2.23. The quantitative estimate of drug-likeness (QED) is 0.563. The molecule has 9 nitrogen and oxygen atoms in total. The fraction of sp³-hybridized carbons (Fsp3) is 0.176. The van der Waals surface area contributed by atoms with Crippen LogP contribution in [0.15, 0.2) is 47.1 Å². The van der Waals surface area contributed by atoms with E-state index >= 15 is 0 Å². The highest BCUT2D eigenvalue weighted by Crippen LogP contribution is 2.23. The first-order valence-corrected chi connectivity index (χ1v) is 9.04. The number of hydrogen-bond donors (Lipinski definition) is 1. The molecule has 0 aliphatic heterocycles. The average Bonchev–Trinajstić information content (AvgIpc) is 3.29. The van der Waals surface area contributed by atoms with E-state index < -0.39 is 0 Å². The molecule has 10 heteroatoms. The number of anilines is 1. The topological polar surface area (TPSA) is 108 Å². The van der Waals surface area contributed by atoms with Gasteiger partial charge in [-0.15, -0.1) is 11.3 Å². The van der Waals surface area contributed by atoms with Gasteiger partial charge in [-0.2, -0.15) is 5.10 Å². The summed E-state index contributed by atoms with van der Waals surface area (Å²) < 4.78 is 2.94. The molecule has 0 spiro atoms. The van der Waals surface area contributed by atoms with Crippen molar-refractivity contribution in [2.24, 2.45) is 7.05 Å². The molecule has 0 unspecified atom stereocenters. The Morgan fingerprint density at radius 2 is 2.15 bits per heavy atom. The van der Waals surface area contributed by atoms with E-state index in [1.54, 1.807) is 13.2 Å². The van der Waals surface area contributed by atoms with Gasteiger partial charge < -0.3 is 5.32 Å². The monoisotopic (exact) mass is 381 g/mol. The summed E-state index contributed by atoms with van der Waals surface area (Å²) in [6.07, 6.45) is 4.74. The van der Waals surface area contributed by atoms with Crippen molar-refractivity contribution in [3.8, 4) is 11.4 Å². The molecule has 136 valence electrons. The summed E-state index contributed by atoms with van der Waals surface area (Å²) in [6, 6.07) is 5.57. The Bertz CT molecular complexity index is 1160. The molecule has 0 saturated carbocycles. The maximum absolute atomic E-state index is 12.4. The molecule has 1 N–H and O–H groups in total. The summed E-state index contributed by atoms with van der Waals surface area (Å²) in [7, 11) is 1.72.